The van der Waals surface area contributed by atoms with Crippen LogP contribution in [-0.4, -0.2) is 16.8 Å². The van der Waals surface area contributed by atoms with E-state index in [-0.39, 0.29) is 17.6 Å². The average molecular weight is 393 g/mol. The summed E-state index contributed by atoms with van der Waals surface area (Å²) in [6.45, 7) is 1.83. The number of hydrogen-bond acceptors (Lipinski definition) is 6. The van der Waals surface area contributed by atoms with E-state index in [2.05, 4.69) is 15.6 Å². The standard InChI is InChI=1S/C20H15N3O4S/c1-12-17(23-20(28-12)16-8-4-10-27-16)19(25)22-14-6-2-5-13(11-14)21-18(24)15-7-3-9-26-15/h2-11H,1H3,(H,21,24)(H,22,25). The molecule has 0 atom stereocenters. The number of rotatable bonds is 5. The smallest absolute Gasteiger partial charge is 0.291 e. The van der Waals surface area contributed by atoms with Crippen LogP contribution in [-0.2, 0) is 0 Å². The molecule has 0 radical (unpaired) electrons. The number of amides is 2. The molecule has 7 nitrogen and oxygen atoms in total. The highest BCUT2D eigenvalue weighted by molar-refractivity contribution is 7.15. The molecule has 1 aromatic carbocycles. The molecule has 4 aromatic rings. The number of hydrogen-bond donors (Lipinski definition) is 2. The molecule has 0 aliphatic rings. The molecule has 0 saturated carbocycles. The van der Waals surface area contributed by atoms with Crippen LogP contribution >= 0.6 is 11.3 Å². The topological polar surface area (TPSA) is 97.4 Å². The third kappa shape index (κ3) is 3.72. The van der Waals surface area contributed by atoms with Gasteiger partial charge < -0.3 is 19.5 Å². The van der Waals surface area contributed by atoms with Gasteiger partial charge in [0.1, 0.15) is 5.69 Å². The Morgan fingerprint density at radius 3 is 2.32 bits per heavy atom. The summed E-state index contributed by atoms with van der Waals surface area (Å²) in [7, 11) is 0. The number of thiazole rings is 1. The normalized spacial score (nSPS) is 10.6. The molecular formula is C20H15N3O4S. The lowest BCUT2D eigenvalue weighted by atomic mass is 10.2. The fourth-order valence-electron chi connectivity index (χ4n) is 2.58. The van der Waals surface area contributed by atoms with Gasteiger partial charge in [-0.05, 0) is 49.4 Å². The number of carbonyl (C=O) groups is 2. The number of aryl methyl sites for hydroxylation is 1. The van der Waals surface area contributed by atoms with Crippen molar-refractivity contribution in [3.63, 3.8) is 0 Å². The minimum Gasteiger partial charge on any atom is -0.462 e. The lowest BCUT2D eigenvalue weighted by Crippen LogP contribution is -2.14. The fraction of sp³-hybridized carbons (Fsp3) is 0.0500. The maximum absolute atomic E-state index is 12.6. The Labute approximate surface area is 164 Å². The molecule has 0 unspecified atom stereocenters. The van der Waals surface area contributed by atoms with Crippen molar-refractivity contribution in [2.45, 2.75) is 6.92 Å². The first-order valence-corrected chi connectivity index (χ1v) is 9.19. The second-order valence-electron chi connectivity index (χ2n) is 5.87. The molecule has 0 aliphatic carbocycles. The van der Waals surface area contributed by atoms with E-state index in [0.717, 1.165) is 4.88 Å². The number of nitrogens with one attached hydrogen (secondary N) is 2. The maximum atomic E-state index is 12.6. The molecule has 0 aliphatic heterocycles. The van der Waals surface area contributed by atoms with E-state index in [0.29, 0.717) is 27.8 Å². The Kier molecular flexibility index (Phi) is 4.77. The lowest BCUT2D eigenvalue weighted by molar-refractivity contribution is 0.0994. The van der Waals surface area contributed by atoms with E-state index >= 15 is 0 Å². The summed E-state index contributed by atoms with van der Waals surface area (Å²) >= 11 is 1.39. The number of anilines is 2. The van der Waals surface area contributed by atoms with Crippen LogP contribution in [0, 0.1) is 6.92 Å². The Hall–Kier alpha value is -3.65. The molecule has 3 aromatic heterocycles. The SMILES string of the molecule is Cc1sc(-c2ccco2)nc1C(=O)Nc1cccc(NC(=O)c2ccco2)c1. The second-order valence-corrected chi connectivity index (χ2v) is 7.07. The summed E-state index contributed by atoms with van der Waals surface area (Å²) in [5.41, 5.74) is 1.40. The van der Waals surface area contributed by atoms with Crippen LogP contribution in [0.3, 0.4) is 0 Å². The number of furan rings is 2. The molecule has 28 heavy (non-hydrogen) atoms. The first-order valence-electron chi connectivity index (χ1n) is 8.38. The van der Waals surface area contributed by atoms with Crippen LogP contribution in [0.4, 0.5) is 11.4 Å². The summed E-state index contributed by atoms with van der Waals surface area (Å²) in [5, 5.41) is 6.17. The van der Waals surface area contributed by atoms with E-state index in [1.807, 2.05) is 6.92 Å². The van der Waals surface area contributed by atoms with Gasteiger partial charge in [-0.25, -0.2) is 4.98 Å². The molecule has 2 amide bonds. The molecule has 3 heterocycles. The highest BCUT2D eigenvalue weighted by Crippen LogP contribution is 2.28. The first kappa shape index (κ1) is 17.7. The quantitative estimate of drug-likeness (QED) is 0.507. The minimum atomic E-state index is -0.369. The van der Waals surface area contributed by atoms with Crippen molar-refractivity contribution >= 4 is 34.5 Å². The van der Waals surface area contributed by atoms with E-state index < -0.39 is 0 Å². The van der Waals surface area contributed by atoms with Gasteiger partial charge in [-0.1, -0.05) is 6.07 Å². The predicted molar refractivity (Wildman–Crippen MR) is 106 cm³/mol. The van der Waals surface area contributed by atoms with Crippen LogP contribution in [0.1, 0.15) is 25.9 Å². The summed E-state index contributed by atoms with van der Waals surface area (Å²) in [4.78, 5) is 29.9. The average Bonchev–Trinajstić information content (AvgIpc) is 3.43. The number of aromatic nitrogens is 1. The third-order valence-corrected chi connectivity index (χ3v) is 4.85. The van der Waals surface area contributed by atoms with Gasteiger partial charge >= 0.3 is 0 Å². The minimum absolute atomic E-state index is 0.206. The molecule has 140 valence electrons. The summed E-state index contributed by atoms with van der Waals surface area (Å²) < 4.78 is 10.4. The number of carbonyl (C=O) groups excluding carboxylic acids is 2. The highest BCUT2D eigenvalue weighted by Gasteiger charge is 2.18. The van der Waals surface area contributed by atoms with E-state index in [4.69, 9.17) is 8.83 Å². The zero-order valence-electron chi connectivity index (χ0n) is 14.8. The van der Waals surface area contributed by atoms with Crippen molar-refractivity contribution in [2.24, 2.45) is 0 Å². The van der Waals surface area contributed by atoms with E-state index in [1.165, 1.54) is 17.6 Å². The van der Waals surface area contributed by atoms with E-state index in [1.54, 1.807) is 54.8 Å². The van der Waals surface area contributed by atoms with Gasteiger partial charge in [0.05, 0.1) is 12.5 Å². The van der Waals surface area contributed by atoms with Crippen LogP contribution < -0.4 is 10.6 Å². The van der Waals surface area contributed by atoms with Crippen molar-refractivity contribution in [3.05, 3.63) is 77.4 Å². The first-order chi connectivity index (χ1) is 13.6. The summed E-state index contributed by atoms with van der Waals surface area (Å²) in [6, 6.07) is 13.6. The third-order valence-electron chi connectivity index (χ3n) is 3.87. The number of benzene rings is 1. The van der Waals surface area contributed by atoms with Crippen molar-refractivity contribution < 1.29 is 18.4 Å². The van der Waals surface area contributed by atoms with Crippen molar-refractivity contribution in [1.82, 2.24) is 4.98 Å². The Morgan fingerprint density at radius 1 is 0.929 bits per heavy atom. The van der Waals surface area contributed by atoms with Crippen LogP contribution in [0.2, 0.25) is 0 Å². The fourth-order valence-corrected chi connectivity index (χ4v) is 3.46. The van der Waals surface area contributed by atoms with Gasteiger partial charge in [-0.15, -0.1) is 11.3 Å². The molecule has 8 heteroatoms. The van der Waals surface area contributed by atoms with Crippen molar-refractivity contribution in [3.8, 4) is 10.8 Å². The van der Waals surface area contributed by atoms with Crippen LogP contribution in [0.5, 0.6) is 0 Å². The molecule has 0 saturated heterocycles. The summed E-state index contributed by atoms with van der Waals surface area (Å²) in [6.07, 6.45) is 2.99. The molecule has 4 rings (SSSR count). The molecule has 0 fully saturated rings. The predicted octanol–water partition coefficient (Wildman–Crippen LogP) is 4.81. The van der Waals surface area contributed by atoms with Gasteiger partial charge in [-0.2, -0.15) is 0 Å². The zero-order chi connectivity index (χ0) is 19.5. The van der Waals surface area contributed by atoms with Gasteiger partial charge in [0, 0.05) is 16.3 Å². The monoisotopic (exact) mass is 393 g/mol. The van der Waals surface area contributed by atoms with Crippen LogP contribution in [0.15, 0.2) is 69.9 Å². The van der Waals surface area contributed by atoms with Gasteiger partial charge in [0.2, 0.25) is 0 Å². The largest absolute Gasteiger partial charge is 0.462 e. The Balaban J connectivity index is 1.49. The van der Waals surface area contributed by atoms with Crippen molar-refractivity contribution in [1.29, 1.82) is 0 Å². The van der Waals surface area contributed by atoms with Gasteiger partial charge in [0.15, 0.2) is 16.5 Å². The van der Waals surface area contributed by atoms with Gasteiger partial charge in [-0.3, -0.25) is 9.59 Å². The summed E-state index contributed by atoms with van der Waals surface area (Å²) in [5.74, 6) is 0.126. The molecule has 0 bridgehead atoms. The van der Waals surface area contributed by atoms with Gasteiger partial charge in [0.25, 0.3) is 11.8 Å². The second kappa shape index (κ2) is 7.53. The molecule has 0 spiro atoms. The Bertz CT molecular complexity index is 1110. The molecular weight excluding hydrogens is 378 g/mol. The lowest BCUT2D eigenvalue weighted by Gasteiger charge is -2.07. The Morgan fingerprint density at radius 2 is 1.64 bits per heavy atom. The highest BCUT2D eigenvalue weighted by atomic mass is 32.1. The van der Waals surface area contributed by atoms with E-state index in [9.17, 15) is 9.59 Å². The van der Waals surface area contributed by atoms with Crippen LogP contribution in [0.25, 0.3) is 10.8 Å². The maximum Gasteiger partial charge on any atom is 0.291 e. The number of nitrogens with zero attached hydrogens (tertiary/aromatic N) is 1. The zero-order valence-corrected chi connectivity index (χ0v) is 15.6. The van der Waals surface area contributed by atoms with Crippen molar-refractivity contribution in [2.75, 3.05) is 10.6 Å². The molecule has 2 N–H and O–H groups in total.